The normalized spacial score (nSPS) is 16.9. The van der Waals surface area contributed by atoms with Crippen molar-refractivity contribution in [3.8, 4) is 0 Å². The molecule has 5 nitrogen and oxygen atoms in total. The zero-order valence-corrected chi connectivity index (χ0v) is 12.0. The highest BCUT2D eigenvalue weighted by Crippen LogP contribution is 2.26. The van der Waals surface area contributed by atoms with Gasteiger partial charge in [0.1, 0.15) is 5.82 Å². The number of aliphatic carboxylic acids is 1. The maximum atomic E-state index is 10.5. The van der Waals surface area contributed by atoms with Crippen LogP contribution in [0.15, 0.2) is 5.16 Å². The minimum absolute atomic E-state index is 0.0338. The van der Waals surface area contributed by atoms with Crippen molar-refractivity contribution in [2.45, 2.75) is 24.4 Å². The van der Waals surface area contributed by atoms with Crippen molar-refractivity contribution in [3.63, 3.8) is 0 Å². The molecule has 2 heterocycles. The summed E-state index contributed by atoms with van der Waals surface area (Å²) in [5.74, 6) is 3.36. The fourth-order valence-electron chi connectivity index (χ4n) is 1.98. The molecule has 1 N–H and O–H groups in total. The zero-order valence-electron chi connectivity index (χ0n) is 10.3. The molecular formula is C11H17N3O2S2. The summed E-state index contributed by atoms with van der Waals surface area (Å²) in [5.41, 5.74) is 0. The molecule has 0 saturated carbocycles. The topological polar surface area (TPSA) is 68.0 Å². The zero-order chi connectivity index (χ0) is 13.0. The Morgan fingerprint density at radius 2 is 2.22 bits per heavy atom. The van der Waals surface area contributed by atoms with Crippen molar-refractivity contribution < 1.29 is 9.90 Å². The lowest BCUT2D eigenvalue weighted by atomic mass is 9.98. The number of nitrogens with zero attached hydrogens (tertiary/aromatic N) is 3. The van der Waals surface area contributed by atoms with Gasteiger partial charge >= 0.3 is 5.97 Å². The summed E-state index contributed by atoms with van der Waals surface area (Å²) in [4.78, 5) is 10.5. The predicted molar refractivity (Wildman–Crippen MR) is 73.1 cm³/mol. The second-order valence-electron chi connectivity index (χ2n) is 4.40. The average Bonchev–Trinajstić information content (AvgIpc) is 2.70. The molecule has 0 radical (unpaired) electrons. The van der Waals surface area contributed by atoms with Crippen LogP contribution in [-0.2, 0) is 18.3 Å². The van der Waals surface area contributed by atoms with E-state index in [1.54, 1.807) is 0 Å². The molecule has 1 aliphatic heterocycles. The molecule has 100 valence electrons. The molecule has 0 aliphatic carbocycles. The fourth-order valence-corrected chi connectivity index (χ4v) is 3.84. The Kier molecular flexibility index (Phi) is 4.94. The molecule has 1 aromatic rings. The molecule has 0 bridgehead atoms. The highest BCUT2D eigenvalue weighted by molar-refractivity contribution is 7.99. The smallest absolute Gasteiger partial charge is 0.313 e. The van der Waals surface area contributed by atoms with E-state index in [1.807, 2.05) is 23.4 Å². The van der Waals surface area contributed by atoms with E-state index in [4.69, 9.17) is 5.11 Å². The van der Waals surface area contributed by atoms with Crippen LogP contribution in [0.5, 0.6) is 0 Å². The molecule has 1 saturated heterocycles. The van der Waals surface area contributed by atoms with Crippen LogP contribution in [-0.4, -0.2) is 43.1 Å². The van der Waals surface area contributed by atoms with E-state index in [2.05, 4.69) is 10.2 Å². The Morgan fingerprint density at radius 1 is 1.50 bits per heavy atom. The minimum atomic E-state index is -0.825. The van der Waals surface area contributed by atoms with E-state index in [0.717, 1.165) is 12.2 Å². The van der Waals surface area contributed by atoms with Crippen molar-refractivity contribution in [2.24, 2.45) is 13.0 Å². The summed E-state index contributed by atoms with van der Waals surface area (Å²) in [6, 6.07) is 0. The standard InChI is InChI=1S/C11H17N3O2S2/c1-14-9(6-8-2-4-17-5-3-8)12-13-11(14)18-7-10(15)16/h8H,2-7H2,1H3,(H,15,16). The number of thioether (sulfide) groups is 2. The second kappa shape index (κ2) is 6.47. The van der Waals surface area contributed by atoms with E-state index >= 15 is 0 Å². The number of carboxylic acids is 1. The quantitative estimate of drug-likeness (QED) is 0.831. The summed E-state index contributed by atoms with van der Waals surface area (Å²) in [5, 5.41) is 17.6. The number of carbonyl (C=O) groups is 1. The molecule has 0 aromatic carbocycles. The van der Waals surface area contributed by atoms with Crippen molar-refractivity contribution in [1.82, 2.24) is 14.8 Å². The predicted octanol–water partition coefficient (Wildman–Crippen LogP) is 1.68. The summed E-state index contributed by atoms with van der Waals surface area (Å²) in [7, 11) is 1.91. The third kappa shape index (κ3) is 3.65. The molecular weight excluding hydrogens is 270 g/mol. The van der Waals surface area contributed by atoms with E-state index in [-0.39, 0.29) is 5.75 Å². The number of hydrogen-bond acceptors (Lipinski definition) is 5. The van der Waals surface area contributed by atoms with Crippen LogP contribution in [0.25, 0.3) is 0 Å². The number of hydrogen-bond donors (Lipinski definition) is 1. The molecule has 1 fully saturated rings. The van der Waals surface area contributed by atoms with Crippen LogP contribution in [0.1, 0.15) is 18.7 Å². The van der Waals surface area contributed by atoms with Crippen molar-refractivity contribution in [2.75, 3.05) is 17.3 Å². The lowest BCUT2D eigenvalue weighted by Gasteiger charge is -2.20. The van der Waals surface area contributed by atoms with Crippen LogP contribution >= 0.6 is 23.5 Å². The van der Waals surface area contributed by atoms with Crippen LogP contribution < -0.4 is 0 Å². The van der Waals surface area contributed by atoms with Gasteiger partial charge in [-0.15, -0.1) is 10.2 Å². The molecule has 18 heavy (non-hydrogen) atoms. The van der Waals surface area contributed by atoms with E-state index in [0.29, 0.717) is 11.1 Å². The minimum Gasteiger partial charge on any atom is -0.481 e. The number of rotatable bonds is 5. The molecule has 0 atom stereocenters. The second-order valence-corrected chi connectivity index (χ2v) is 6.57. The highest BCUT2D eigenvalue weighted by Gasteiger charge is 2.18. The average molecular weight is 287 g/mol. The summed E-state index contributed by atoms with van der Waals surface area (Å²) in [6.07, 6.45) is 3.45. The summed E-state index contributed by atoms with van der Waals surface area (Å²) >= 11 is 3.24. The lowest BCUT2D eigenvalue weighted by molar-refractivity contribution is -0.133. The molecule has 1 aromatic heterocycles. The molecule has 2 rings (SSSR count). The van der Waals surface area contributed by atoms with Crippen molar-refractivity contribution >= 4 is 29.5 Å². The molecule has 0 unspecified atom stereocenters. The fraction of sp³-hybridized carbons (Fsp3) is 0.727. The summed E-state index contributed by atoms with van der Waals surface area (Å²) in [6.45, 7) is 0. The van der Waals surface area contributed by atoms with Gasteiger partial charge in [-0.2, -0.15) is 11.8 Å². The van der Waals surface area contributed by atoms with Gasteiger partial charge in [0, 0.05) is 13.5 Å². The van der Waals surface area contributed by atoms with Gasteiger partial charge in [0.05, 0.1) is 5.75 Å². The first-order valence-corrected chi connectivity index (χ1v) is 8.11. The molecule has 1 aliphatic rings. The van der Waals surface area contributed by atoms with Gasteiger partial charge in [-0.25, -0.2) is 0 Å². The van der Waals surface area contributed by atoms with Crippen LogP contribution in [0, 0.1) is 5.92 Å². The third-order valence-corrected chi connectivity index (χ3v) is 5.12. The third-order valence-electron chi connectivity index (χ3n) is 3.06. The first-order chi connectivity index (χ1) is 8.66. The Hall–Kier alpha value is -0.690. The number of carboxylic acid groups (broad SMARTS) is 1. The maximum absolute atomic E-state index is 10.5. The van der Waals surface area contributed by atoms with Crippen LogP contribution in [0.4, 0.5) is 0 Å². The summed E-state index contributed by atoms with van der Waals surface area (Å²) < 4.78 is 1.93. The number of aromatic nitrogens is 3. The molecule has 7 heteroatoms. The van der Waals surface area contributed by atoms with Gasteiger partial charge in [0.15, 0.2) is 5.16 Å². The van der Waals surface area contributed by atoms with E-state index in [1.165, 1.54) is 36.1 Å². The molecule has 0 spiro atoms. The van der Waals surface area contributed by atoms with Crippen molar-refractivity contribution in [1.29, 1.82) is 0 Å². The Bertz CT molecular complexity index is 416. The SMILES string of the molecule is Cn1c(CC2CCSCC2)nnc1SCC(=O)O. The van der Waals surface area contributed by atoms with Gasteiger partial charge in [0.25, 0.3) is 0 Å². The van der Waals surface area contributed by atoms with E-state index in [9.17, 15) is 4.79 Å². The maximum Gasteiger partial charge on any atom is 0.313 e. The molecule has 0 amide bonds. The Morgan fingerprint density at radius 3 is 2.89 bits per heavy atom. The van der Waals surface area contributed by atoms with Crippen LogP contribution in [0.2, 0.25) is 0 Å². The van der Waals surface area contributed by atoms with Gasteiger partial charge in [-0.1, -0.05) is 11.8 Å². The van der Waals surface area contributed by atoms with Crippen LogP contribution in [0.3, 0.4) is 0 Å². The largest absolute Gasteiger partial charge is 0.481 e. The lowest BCUT2D eigenvalue weighted by Crippen LogP contribution is -2.14. The highest BCUT2D eigenvalue weighted by atomic mass is 32.2. The van der Waals surface area contributed by atoms with Gasteiger partial charge < -0.3 is 9.67 Å². The van der Waals surface area contributed by atoms with Crippen molar-refractivity contribution in [3.05, 3.63) is 5.82 Å². The van der Waals surface area contributed by atoms with Gasteiger partial charge in [-0.3, -0.25) is 4.79 Å². The monoisotopic (exact) mass is 287 g/mol. The van der Waals surface area contributed by atoms with Gasteiger partial charge in [0.2, 0.25) is 0 Å². The van der Waals surface area contributed by atoms with Gasteiger partial charge in [-0.05, 0) is 30.3 Å². The van der Waals surface area contributed by atoms with E-state index < -0.39 is 5.97 Å². The Balaban J connectivity index is 1.94. The first kappa shape index (κ1) is 13.7. The Labute approximate surface area is 115 Å². The first-order valence-electron chi connectivity index (χ1n) is 5.97.